The number of ether oxygens (including phenoxy) is 1. The summed E-state index contributed by atoms with van der Waals surface area (Å²) in [7, 11) is 0. The van der Waals surface area contributed by atoms with Crippen LogP contribution in [-0.4, -0.2) is 22.8 Å². The van der Waals surface area contributed by atoms with Crippen molar-refractivity contribution in [1.82, 2.24) is 4.90 Å². The van der Waals surface area contributed by atoms with Gasteiger partial charge in [-0.25, -0.2) is 4.39 Å². The molecule has 31 heavy (non-hydrogen) atoms. The third-order valence-electron chi connectivity index (χ3n) is 5.07. The summed E-state index contributed by atoms with van der Waals surface area (Å²) in [6, 6.07) is 17.9. The van der Waals surface area contributed by atoms with Crippen LogP contribution in [0.15, 0.2) is 66.7 Å². The van der Waals surface area contributed by atoms with E-state index in [9.17, 15) is 14.0 Å². The molecule has 0 aromatic heterocycles. The second-order valence-electron chi connectivity index (χ2n) is 7.33. The van der Waals surface area contributed by atoms with Crippen LogP contribution in [-0.2, 0) is 17.9 Å². The lowest BCUT2D eigenvalue weighted by Crippen LogP contribution is -2.37. The molecule has 1 atom stereocenters. The number of nitrogens with zero attached hydrogens (tertiary/aromatic N) is 1. The molecule has 7 heteroatoms. The Morgan fingerprint density at radius 3 is 2.65 bits per heavy atom. The summed E-state index contributed by atoms with van der Waals surface area (Å²) >= 11 is 6.28. The molecule has 0 spiro atoms. The zero-order valence-electron chi connectivity index (χ0n) is 16.8. The Bertz CT molecular complexity index is 1130. The molecule has 0 radical (unpaired) electrons. The first kappa shape index (κ1) is 20.9. The molecule has 3 aromatic carbocycles. The fraction of sp³-hybridized carbons (Fsp3) is 0.167. The number of hydrogen-bond donors (Lipinski definition) is 1. The second-order valence-corrected chi connectivity index (χ2v) is 7.74. The van der Waals surface area contributed by atoms with Crippen LogP contribution in [0.3, 0.4) is 0 Å². The number of hydrogen-bond acceptors (Lipinski definition) is 3. The van der Waals surface area contributed by atoms with E-state index in [0.29, 0.717) is 35.1 Å². The van der Waals surface area contributed by atoms with Gasteiger partial charge in [-0.15, -0.1) is 0 Å². The lowest BCUT2D eigenvalue weighted by Gasteiger charge is -2.22. The first-order valence-corrected chi connectivity index (χ1v) is 10.2. The van der Waals surface area contributed by atoms with Crippen molar-refractivity contribution in [2.45, 2.75) is 26.1 Å². The smallest absolute Gasteiger partial charge is 0.263 e. The molecule has 5 nitrogen and oxygen atoms in total. The summed E-state index contributed by atoms with van der Waals surface area (Å²) in [5.74, 6) is -0.321. The molecule has 1 N–H and O–H groups in total. The topological polar surface area (TPSA) is 58.6 Å². The van der Waals surface area contributed by atoms with Gasteiger partial charge in [-0.05, 0) is 61.0 Å². The van der Waals surface area contributed by atoms with Gasteiger partial charge in [0.05, 0.1) is 0 Å². The fourth-order valence-electron chi connectivity index (χ4n) is 3.45. The molecule has 1 aliphatic heterocycles. The molecule has 0 saturated heterocycles. The average Bonchev–Trinajstić information content (AvgIpc) is 2.87. The van der Waals surface area contributed by atoms with Crippen LogP contribution in [0.1, 0.15) is 28.4 Å². The minimum atomic E-state index is -0.650. The van der Waals surface area contributed by atoms with Gasteiger partial charge in [-0.2, -0.15) is 0 Å². The number of amides is 2. The molecule has 3 aromatic rings. The van der Waals surface area contributed by atoms with Crippen molar-refractivity contribution >= 4 is 29.1 Å². The Morgan fingerprint density at radius 2 is 1.90 bits per heavy atom. The van der Waals surface area contributed by atoms with Crippen molar-refractivity contribution in [3.63, 3.8) is 0 Å². The van der Waals surface area contributed by atoms with E-state index in [-0.39, 0.29) is 11.8 Å². The Kier molecular flexibility index (Phi) is 5.91. The molecule has 0 aliphatic carbocycles. The quantitative estimate of drug-likeness (QED) is 0.620. The summed E-state index contributed by atoms with van der Waals surface area (Å²) in [5.41, 5.74) is 2.50. The molecule has 0 unspecified atom stereocenters. The molecule has 0 saturated carbocycles. The van der Waals surface area contributed by atoms with Gasteiger partial charge < -0.3 is 15.0 Å². The molecular formula is C24H20ClFN2O3. The number of anilines is 1. The number of nitrogens with one attached hydrogen (secondary N) is 1. The van der Waals surface area contributed by atoms with Crippen LogP contribution < -0.4 is 10.1 Å². The summed E-state index contributed by atoms with van der Waals surface area (Å²) in [6.45, 7) is 2.36. The molecule has 0 bridgehead atoms. The fourth-order valence-corrected chi connectivity index (χ4v) is 3.64. The average molecular weight is 439 g/mol. The third-order valence-corrected chi connectivity index (χ3v) is 5.44. The predicted molar refractivity (Wildman–Crippen MR) is 117 cm³/mol. The number of fused-ring (bicyclic) bond motifs is 1. The first-order chi connectivity index (χ1) is 14.9. The maximum absolute atomic E-state index is 13.1. The van der Waals surface area contributed by atoms with E-state index in [1.165, 1.54) is 24.3 Å². The predicted octanol–water partition coefficient (Wildman–Crippen LogP) is 5.04. The van der Waals surface area contributed by atoms with E-state index in [0.717, 1.165) is 11.1 Å². The largest absolute Gasteiger partial charge is 0.481 e. The monoisotopic (exact) mass is 438 g/mol. The van der Waals surface area contributed by atoms with Crippen LogP contribution in [0.25, 0.3) is 0 Å². The zero-order chi connectivity index (χ0) is 22.0. The summed E-state index contributed by atoms with van der Waals surface area (Å²) in [6.07, 6.45) is -0.650. The maximum Gasteiger partial charge on any atom is 0.263 e. The standard InChI is InChI=1S/C24H20ClFN2O3/c1-15-24(30)28(13-17-4-2-3-5-21(17)25)14-18-12-20(10-11-22(18)31-15)27-23(29)16-6-8-19(26)9-7-16/h2-12,15H,13-14H2,1H3,(H,27,29)/t15-/m1/s1. The van der Waals surface area contributed by atoms with E-state index in [1.54, 1.807) is 36.1 Å². The van der Waals surface area contributed by atoms with Gasteiger partial charge in [0, 0.05) is 34.9 Å². The van der Waals surface area contributed by atoms with Crippen molar-refractivity contribution in [3.8, 4) is 5.75 Å². The van der Waals surface area contributed by atoms with Gasteiger partial charge in [0.1, 0.15) is 11.6 Å². The highest BCUT2D eigenvalue weighted by Crippen LogP contribution is 2.30. The van der Waals surface area contributed by atoms with Crippen molar-refractivity contribution < 1.29 is 18.7 Å². The highest BCUT2D eigenvalue weighted by atomic mass is 35.5. The van der Waals surface area contributed by atoms with Gasteiger partial charge in [0.15, 0.2) is 6.10 Å². The van der Waals surface area contributed by atoms with Crippen molar-refractivity contribution in [2.75, 3.05) is 5.32 Å². The van der Waals surface area contributed by atoms with Gasteiger partial charge in [-0.1, -0.05) is 29.8 Å². The number of carbonyl (C=O) groups excluding carboxylic acids is 2. The lowest BCUT2D eigenvalue weighted by atomic mass is 10.1. The Morgan fingerprint density at radius 1 is 1.16 bits per heavy atom. The van der Waals surface area contributed by atoms with Gasteiger partial charge in [0.2, 0.25) is 0 Å². The van der Waals surface area contributed by atoms with Gasteiger partial charge in [0.25, 0.3) is 11.8 Å². The number of halogens is 2. The summed E-state index contributed by atoms with van der Waals surface area (Å²) in [5, 5.41) is 3.39. The number of benzene rings is 3. The van der Waals surface area contributed by atoms with Crippen LogP contribution >= 0.6 is 11.6 Å². The van der Waals surface area contributed by atoms with Gasteiger partial charge in [-0.3, -0.25) is 9.59 Å². The Balaban J connectivity index is 1.57. The van der Waals surface area contributed by atoms with Crippen molar-refractivity contribution in [3.05, 3.63) is 94.3 Å². The SMILES string of the molecule is C[C@H]1Oc2ccc(NC(=O)c3ccc(F)cc3)cc2CN(Cc2ccccc2Cl)C1=O. The van der Waals surface area contributed by atoms with Crippen LogP contribution in [0.4, 0.5) is 10.1 Å². The summed E-state index contributed by atoms with van der Waals surface area (Å²) in [4.78, 5) is 27.0. The highest BCUT2D eigenvalue weighted by molar-refractivity contribution is 6.31. The highest BCUT2D eigenvalue weighted by Gasteiger charge is 2.28. The molecule has 1 aliphatic rings. The van der Waals surface area contributed by atoms with Crippen LogP contribution in [0, 0.1) is 5.82 Å². The van der Waals surface area contributed by atoms with Crippen LogP contribution in [0.5, 0.6) is 5.75 Å². The summed E-state index contributed by atoms with van der Waals surface area (Å²) < 4.78 is 18.9. The van der Waals surface area contributed by atoms with Crippen molar-refractivity contribution in [2.24, 2.45) is 0 Å². The minimum absolute atomic E-state index is 0.145. The molecule has 1 heterocycles. The van der Waals surface area contributed by atoms with E-state index < -0.39 is 11.9 Å². The second kappa shape index (κ2) is 8.78. The molecule has 158 valence electrons. The maximum atomic E-state index is 13.1. The normalized spacial score (nSPS) is 15.6. The van der Waals surface area contributed by atoms with E-state index >= 15 is 0 Å². The van der Waals surface area contributed by atoms with Crippen LogP contribution in [0.2, 0.25) is 5.02 Å². The van der Waals surface area contributed by atoms with E-state index in [1.807, 2.05) is 18.2 Å². The Hall–Kier alpha value is -3.38. The third kappa shape index (κ3) is 4.70. The molecule has 0 fully saturated rings. The Labute approximate surface area is 184 Å². The first-order valence-electron chi connectivity index (χ1n) is 9.79. The number of carbonyl (C=O) groups is 2. The van der Waals surface area contributed by atoms with Gasteiger partial charge >= 0.3 is 0 Å². The zero-order valence-corrected chi connectivity index (χ0v) is 17.5. The minimum Gasteiger partial charge on any atom is -0.481 e. The molecule has 4 rings (SSSR count). The van der Waals surface area contributed by atoms with Crippen molar-refractivity contribution in [1.29, 1.82) is 0 Å². The molecule has 2 amide bonds. The number of rotatable bonds is 4. The van der Waals surface area contributed by atoms with E-state index in [2.05, 4.69) is 5.32 Å². The molecular weight excluding hydrogens is 419 g/mol. The lowest BCUT2D eigenvalue weighted by molar-refractivity contribution is -0.138. The van der Waals surface area contributed by atoms with E-state index in [4.69, 9.17) is 16.3 Å².